The Kier molecular flexibility index (Phi) is 4.55. The minimum absolute atomic E-state index is 0.0514. The van der Waals surface area contributed by atoms with Crippen molar-refractivity contribution in [3.8, 4) is 0 Å². The molecule has 0 aliphatic carbocycles. The van der Waals surface area contributed by atoms with Crippen molar-refractivity contribution in [3.05, 3.63) is 71.2 Å². The molecule has 9 heteroatoms. The molecule has 2 heterocycles. The van der Waals surface area contributed by atoms with Gasteiger partial charge in [-0.2, -0.15) is 0 Å². The van der Waals surface area contributed by atoms with Crippen molar-refractivity contribution in [3.63, 3.8) is 0 Å². The Labute approximate surface area is 177 Å². The summed E-state index contributed by atoms with van der Waals surface area (Å²) in [4.78, 5) is 24.6. The lowest BCUT2D eigenvalue weighted by Crippen LogP contribution is -2.33. The standard InChI is InChI=1S/C22H18N2O6S/c25-20(29-13-5-12-23-16-8-1-2-10-18(16)30-22(23)26)14-24-17-9-3-6-15-7-4-11-19(21(15)17)31(24,27)28/h1-4,6-11H,5,12-14H2. The topological polar surface area (TPSA) is 98.8 Å². The number of aryl methyl sites for hydroxylation is 1. The van der Waals surface area contributed by atoms with E-state index in [1.165, 1.54) is 4.57 Å². The van der Waals surface area contributed by atoms with E-state index in [4.69, 9.17) is 9.15 Å². The van der Waals surface area contributed by atoms with Crippen molar-refractivity contribution < 1.29 is 22.4 Å². The van der Waals surface area contributed by atoms with Crippen molar-refractivity contribution in [1.29, 1.82) is 0 Å². The van der Waals surface area contributed by atoms with Crippen molar-refractivity contribution in [1.82, 2.24) is 4.57 Å². The van der Waals surface area contributed by atoms with E-state index < -0.39 is 28.3 Å². The summed E-state index contributed by atoms with van der Waals surface area (Å²) in [7, 11) is -3.81. The van der Waals surface area contributed by atoms with Crippen LogP contribution in [0.1, 0.15) is 6.42 Å². The summed E-state index contributed by atoms with van der Waals surface area (Å²) in [6.07, 6.45) is 0.387. The molecular weight excluding hydrogens is 420 g/mol. The number of carbonyl (C=O) groups excluding carboxylic acids is 1. The normalized spacial score (nSPS) is 14.4. The van der Waals surface area contributed by atoms with Crippen LogP contribution >= 0.6 is 0 Å². The second-order valence-corrected chi connectivity index (χ2v) is 9.04. The first-order valence-electron chi connectivity index (χ1n) is 9.75. The Morgan fingerprint density at radius 1 is 1.00 bits per heavy atom. The van der Waals surface area contributed by atoms with Gasteiger partial charge in [0.1, 0.15) is 6.54 Å². The van der Waals surface area contributed by atoms with Gasteiger partial charge in [-0.05, 0) is 36.1 Å². The number of carbonyl (C=O) groups is 1. The SMILES string of the molecule is O=C(CN1c2cccc3cccc(c23)S1(=O)=O)OCCCn1c(=O)oc2ccccc21. The fourth-order valence-corrected chi connectivity index (χ4v) is 5.58. The Morgan fingerprint density at radius 3 is 2.61 bits per heavy atom. The highest BCUT2D eigenvalue weighted by Gasteiger charge is 2.36. The van der Waals surface area contributed by atoms with E-state index in [0.717, 1.165) is 9.69 Å². The van der Waals surface area contributed by atoms with Crippen LogP contribution in [-0.4, -0.2) is 32.1 Å². The average molecular weight is 438 g/mol. The number of aromatic nitrogens is 1. The summed E-state index contributed by atoms with van der Waals surface area (Å²) in [6.45, 7) is -0.0452. The van der Waals surface area contributed by atoms with Crippen LogP contribution in [0.15, 0.2) is 74.8 Å². The highest BCUT2D eigenvalue weighted by atomic mass is 32.2. The molecule has 0 bridgehead atoms. The molecule has 3 aromatic carbocycles. The van der Waals surface area contributed by atoms with Gasteiger partial charge in [-0.1, -0.05) is 36.4 Å². The van der Waals surface area contributed by atoms with E-state index >= 15 is 0 Å². The predicted molar refractivity (Wildman–Crippen MR) is 115 cm³/mol. The number of hydrogen-bond donors (Lipinski definition) is 0. The zero-order valence-corrected chi connectivity index (χ0v) is 17.2. The maximum Gasteiger partial charge on any atom is 0.419 e. The molecule has 1 aromatic heterocycles. The van der Waals surface area contributed by atoms with Crippen LogP contribution in [0.3, 0.4) is 0 Å². The van der Waals surface area contributed by atoms with Crippen molar-refractivity contribution in [2.24, 2.45) is 0 Å². The number of nitrogens with zero attached hydrogens (tertiary/aromatic N) is 2. The lowest BCUT2D eigenvalue weighted by Gasteiger charge is -2.17. The number of anilines is 1. The maximum absolute atomic E-state index is 12.9. The molecule has 0 unspecified atom stereocenters. The molecule has 0 saturated carbocycles. The highest BCUT2D eigenvalue weighted by Crippen LogP contribution is 2.41. The smallest absolute Gasteiger partial charge is 0.419 e. The molecule has 0 amide bonds. The zero-order valence-electron chi connectivity index (χ0n) is 16.4. The molecule has 1 aliphatic rings. The van der Waals surface area contributed by atoms with Crippen LogP contribution in [0.5, 0.6) is 0 Å². The first kappa shape index (κ1) is 19.4. The number of oxazole rings is 1. The zero-order chi connectivity index (χ0) is 21.6. The number of sulfonamides is 1. The van der Waals surface area contributed by atoms with Crippen molar-refractivity contribution in [2.75, 3.05) is 17.5 Å². The first-order chi connectivity index (χ1) is 15.0. The number of rotatable bonds is 6. The second kappa shape index (κ2) is 7.28. The predicted octanol–water partition coefficient (Wildman–Crippen LogP) is 2.89. The molecule has 0 spiro atoms. The van der Waals surface area contributed by atoms with Gasteiger partial charge in [0.25, 0.3) is 10.0 Å². The van der Waals surface area contributed by atoms with E-state index in [9.17, 15) is 18.0 Å². The fourth-order valence-electron chi connectivity index (χ4n) is 3.93. The summed E-state index contributed by atoms with van der Waals surface area (Å²) >= 11 is 0. The minimum Gasteiger partial charge on any atom is -0.464 e. The van der Waals surface area contributed by atoms with Crippen LogP contribution in [-0.2, 0) is 26.1 Å². The number of esters is 1. The minimum atomic E-state index is -3.81. The van der Waals surface area contributed by atoms with Gasteiger partial charge in [-0.15, -0.1) is 0 Å². The van der Waals surface area contributed by atoms with E-state index in [-0.39, 0.29) is 11.5 Å². The maximum atomic E-state index is 12.9. The fraction of sp³-hybridized carbons (Fsp3) is 0.182. The quantitative estimate of drug-likeness (QED) is 0.339. The molecule has 1 aliphatic heterocycles. The molecule has 31 heavy (non-hydrogen) atoms. The number of hydrogen-bond acceptors (Lipinski definition) is 6. The molecule has 0 radical (unpaired) electrons. The third kappa shape index (κ3) is 3.17. The molecule has 158 valence electrons. The van der Waals surface area contributed by atoms with E-state index in [1.54, 1.807) is 42.5 Å². The van der Waals surface area contributed by atoms with Crippen LogP contribution < -0.4 is 10.1 Å². The lowest BCUT2D eigenvalue weighted by atomic mass is 10.1. The van der Waals surface area contributed by atoms with Crippen molar-refractivity contribution in [2.45, 2.75) is 17.9 Å². The summed E-state index contributed by atoms with van der Waals surface area (Å²) in [5.74, 6) is -1.13. The van der Waals surface area contributed by atoms with Gasteiger partial charge < -0.3 is 9.15 Å². The van der Waals surface area contributed by atoms with Gasteiger partial charge in [0.15, 0.2) is 5.58 Å². The van der Waals surface area contributed by atoms with Crippen molar-refractivity contribution >= 4 is 43.6 Å². The molecule has 0 fully saturated rings. The Bertz CT molecular complexity index is 1480. The van der Waals surface area contributed by atoms with E-state index in [1.807, 2.05) is 18.2 Å². The largest absolute Gasteiger partial charge is 0.464 e. The Balaban J connectivity index is 1.25. The first-order valence-corrected chi connectivity index (χ1v) is 11.2. The van der Waals surface area contributed by atoms with Gasteiger partial charge in [0.2, 0.25) is 0 Å². The van der Waals surface area contributed by atoms with Gasteiger partial charge in [-0.3, -0.25) is 13.7 Å². The van der Waals surface area contributed by atoms with Gasteiger partial charge in [0, 0.05) is 11.9 Å². The third-order valence-corrected chi connectivity index (χ3v) is 7.12. The summed E-state index contributed by atoms with van der Waals surface area (Å²) in [5, 5.41) is 1.41. The van der Waals surface area contributed by atoms with Crippen LogP contribution in [0, 0.1) is 0 Å². The molecular formula is C22H18N2O6S. The third-order valence-electron chi connectivity index (χ3n) is 5.32. The molecule has 0 atom stereocenters. The Hall–Kier alpha value is -3.59. The number of ether oxygens (including phenoxy) is 1. The summed E-state index contributed by atoms with van der Waals surface area (Å²) in [6, 6.07) is 17.4. The van der Waals surface area contributed by atoms with Gasteiger partial charge >= 0.3 is 11.7 Å². The monoisotopic (exact) mass is 438 g/mol. The summed E-state index contributed by atoms with van der Waals surface area (Å²) in [5.41, 5.74) is 1.65. The van der Waals surface area contributed by atoms with Gasteiger partial charge in [-0.25, -0.2) is 13.2 Å². The molecule has 5 rings (SSSR count). The summed E-state index contributed by atoms with van der Waals surface area (Å²) < 4.78 is 38.8. The lowest BCUT2D eigenvalue weighted by molar-refractivity contribution is -0.141. The Morgan fingerprint density at radius 2 is 1.77 bits per heavy atom. The van der Waals surface area contributed by atoms with E-state index in [2.05, 4.69) is 0 Å². The number of fused-ring (bicyclic) bond motifs is 1. The molecule has 4 aromatic rings. The molecule has 0 N–H and O–H groups in total. The second-order valence-electron chi connectivity index (χ2n) is 7.20. The van der Waals surface area contributed by atoms with Gasteiger partial charge in [0.05, 0.1) is 22.7 Å². The number of benzene rings is 3. The van der Waals surface area contributed by atoms with Crippen LogP contribution in [0.4, 0.5) is 5.69 Å². The average Bonchev–Trinajstić information content (AvgIpc) is 3.19. The van der Waals surface area contributed by atoms with Crippen LogP contribution in [0.2, 0.25) is 0 Å². The van der Waals surface area contributed by atoms with E-state index in [0.29, 0.717) is 35.1 Å². The molecule has 8 nitrogen and oxygen atoms in total. The molecule has 0 saturated heterocycles. The highest BCUT2D eigenvalue weighted by molar-refractivity contribution is 7.93. The van der Waals surface area contributed by atoms with Crippen LogP contribution in [0.25, 0.3) is 21.9 Å². The number of para-hydroxylation sites is 2.